The van der Waals surface area contributed by atoms with E-state index >= 15 is 4.39 Å². The number of carbonyl (C=O) groups is 1. The van der Waals surface area contributed by atoms with Crippen molar-refractivity contribution >= 4 is 11.6 Å². The largest absolute Gasteiger partial charge is 0.367 e. The second-order valence-corrected chi connectivity index (χ2v) is 6.77. The van der Waals surface area contributed by atoms with Crippen molar-refractivity contribution in [1.82, 2.24) is 5.32 Å². The lowest BCUT2D eigenvalue weighted by molar-refractivity contribution is -0.129. The van der Waals surface area contributed by atoms with Crippen molar-refractivity contribution in [1.29, 1.82) is 5.26 Å². The third-order valence-corrected chi connectivity index (χ3v) is 5.08. The van der Waals surface area contributed by atoms with Crippen molar-refractivity contribution in [3.8, 4) is 17.2 Å². The van der Waals surface area contributed by atoms with E-state index in [1.165, 1.54) is 4.90 Å². The van der Waals surface area contributed by atoms with E-state index in [1.54, 1.807) is 6.07 Å². The van der Waals surface area contributed by atoms with Gasteiger partial charge in [0.05, 0.1) is 11.8 Å². The first-order chi connectivity index (χ1) is 13.2. The first-order valence-electron chi connectivity index (χ1n) is 9.12. The van der Waals surface area contributed by atoms with Gasteiger partial charge in [-0.05, 0) is 30.2 Å². The van der Waals surface area contributed by atoms with Gasteiger partial charge in [-0.1, -0.05) is 36.4 Å². The highest BCUT2D eigenvalue weighted by molar-refractivity contribution is 5.99. The molecule has 1 fully saturated rings. The summed E-state index contributed by atoms with van der Waals surface area (Å²) in [6.07, 6.45) is 0.264. The monoisotopic (exact) mass is 365 g/mol. The van der Waals surface area contributed by atoms with Gasteiger partial charge in [-0.3, -0.25) is 9.69 Å². The zero-order valence-electron chi connectivity index (χ0n) is 14.8. The Kier molecular flexibility index (Phi) is 4.88. The number of fused-ring (bicyclic) bond motifs is 2. The molecule has 0 unspecified atom stereocenters. The zero-order chi connectivity index (χ0) is 18.8. The van der Waals surface area contributed by atoms with Crippen LogP contribution in [0.15, 0.2) is 42.5 Å². The highest BCUT2D eigenvalue weighted by atomic mass is 19.1. The lowest BCUT2D eigenvalue weighted by Gasteiger charge is -2.35. The maximum Gasteiger partial charge on any atom is 0.258 e. The first-order valence-corrected chi connectivity index (χ1v) is 9.12. The minimum absolute atomic E-state index is 0.153. The molecule has 2 bridgehead atoms. The summed E-state index contributed by atoms with van der Waals surface area (Å²) in [7, 11) is 0. The molecule has 27 heavy (non-hydrogen) atoms. The van der Waals surface area contributed by atoms with E-state index in [1.807, 2.05) is 36.4 Å². The molecule has 138 valence electrons. The normalized spacial score (nSPS) is 22.0. The van der Waals surface area contributed by atoms with Gasteiger partial charge >= 0.3 is 0 Å². The summed E-state index contributed by atoms with van der Waals surface area (Å²) in [5.41, 5.74) is 2.29. The molecular weight excluding hydrogens is 345 g/mol. The summed E-state index contributed by atoms with van der Waals surface area (Å²) in [6, 6.07) is 14.3. The summed E-state index contributed by atoms with van der Waals surface area (Å²) >= 11 is 0. The van der Waals surface area contributed by atoms with Gasteiger partial charge in [-0.15, -0.1) is 0 Å². The number of halogens is 1. The van der Waals surface area contributed by atoms with Gasteiger partial charge in [-0.25, -0.2) is 4.39 Å². The van der Waals surface area contributed by atoms with E-state index in [0.29, 0.717) is 18.7 Å². The van der Waals surface area contributed by atoms with Crippen LogP contribution in [0.2, 0.25) is 0 Å². The van der Waals surface area contributed by atoms with Crippen LogP contribution in [0.25, 0.3) is 11.1 Å². The van der Waals surface area contributed by atoms with Crippen LogP contribution >= 0.6 is 0 Å². The van der Waals surface area contributed by atoms with Crippen molar-refractivity contribution in [2.75, 3.05) is 24.6 Å². The fourth-order valence-electron chi connectivity index (χ4n) is 3.74. The number of carbonyl (C=O) groups excluding carboxylic acids is 1. The van der Waals surface area contributed by atoms with Gasteiger partial charge in [0.2, 0.25) is 0 Å². The SMILES string of the molecule is N#C[C@@H]1Cc2c(-c3ccccc3)ccc(c2F)N1C(=O)[C@@H]1CNCCCO1. The number of hydrogen-bond acceptors (Lipinski definition) is 4. The quantitative estimate of drug-likeness (QED) is 0.889. The second kappa shape index (κ2) is 7.47. The molecular formula is C21H20FN3O2. The number of benzene rings is 2. The number of ether oxygens (including phenoxy) is 1. The lowest BCUT2D eigenvalue weighted by atomic mass is 9.89. The Morgan fingerprint density at radius 3 is 2.85 bits per heavy atom. The van der Waals surface area contributed by atoms with E-state index in [2.05, 4.69) is 11.4 Å². The Balaban J connectivity index is 1.73. The number of nitriles is 1. The summed E-state index contributed by atoms with van der Waals surface area (Å²) in [5.74, 6) is -0.800. The molecule has 5 nitrogen and oxygen atoms in total. The number of nitrogens with one attached hydrogen (secondary N) is 1. The predicted octanol–water partition coefficient (Wildman–Crippen LogP) is 2.65. The van der Waals surface area contributed by atoms with Crippen LogP contribution in [-0.4, -0.2) is 37.7 Å². The molecule has 0 aliphatic carbocycles. The van der Waals surface area contributed by atoms with Crippen molar-refractivity contribution in [3.05, 3.63) is 53.8 Å². The van der Waals surface area contributed by atoms with E-state index in [-0.39, 0.29) is 18.0 Å². The second-order valence-electron chi connectivity index (χ2n) is 6.77. The van der Waals surface area contributed by atoms with E-state index in [9.17, 15) is 10.1 Å². The van der Waals surface area contributed by atoms with Crippen molar-refractivity contribution < 1.29 is 13.9 Å². The Morgan fingerprint density at radius 1 is 1.26 bits per heavy atom. The van der Waals surface area contributed by atoms with Gasteiger partial charge in [-0.2, -0.15) is 5.26 Å². The van der Waals surface area contributed by atoms with Crippen LogP contribution in [0.1, 0.15) is 12.0 Å². The molecule has 4 rings (SSSR count). The highest BCUT2D eigenvalue weighted by Crippen LogP contribution is 2.38. The molecule has 2 atom stereocenters. The molecule has 1 amide bonds. The lowest BCUT2D eigenvalue weighted by Crippen LogP contribution is -2.51. The third-order valence-electron chi connectivity index (χ3n) is 5.08. The summed E-state index contributed by atoms with van der Waals surface area (Å²) < 4.78 is 20.8. The van der Waals surface area contributed by atoms with Crippen molar-refractivity contribution in [3.63, 3.8) is 0 Å². The molecule has 1 N–H and O–H groups in total. The van der Waals surface area contributed by atoms with Crippen LogP contribution in [0.4, 0.5) is 10.1 Å². The third kappa shape index (κ3) is 3.20. The predicted molar refractivity (Wildman–Crippen MR) is 99.7 cm³/mol. The minimum atomic E-state index is -0.752. The van der Waals surface area contributed by atoms with Gasteiger partial charge < -0.3 is 10.1 Å². The smallest absolute Gasteiger partial charge is 0.258 e. The van der Waals surface area contributed by atoms with E-state index < -0.39 is 18.0 Å². The van der Waals surface area contributed by atoms with Gasteiger partial charge in [0.1, 0.15) is 12.1 Å². The molecule has 0 saturated carbocycles. The number of nitrogens with zero attached hydrogens (tertiary/aromatic N) is 2. The Morgan fingerprint density at radius 2 is 2.07 bits per heavy atom. The zero-order valence-corrected chi connectivity index (χ0v) is 14.8. The standard InChI is InChI=1S/C21H20FN3O2/c22-20-17-11-15(12-23)25(21(26)19-13-24-9-4-10-27-19)18(20)8-7-16(17)14-5-2-1-3-6-14/h1-3,5-8,15,19,24H,4,9-11,13H2/t15-,19-/m0/s1. The molecule has 2 heterocycles. The molecule has 2 aromatic carbocycles. The molecule has 0 spiro atoms. The number of hydrogen-bond donors (Lipinski definition) is 1. The van der Waals surface area contributed by atoms with Crippen LogP contribution < -0.4 is 10.2 Å². The summed E-state index contributed by atoms with van der Waals surface area (Å²) in [5, 5.41) is 12.8. The Labute approximate surface area is 157 Å². The van der Waals surface area contributed by atoms with Gasteiger partial charge in [0.25, 0.3) is 5.91 Å². The summed E-state index contributed by atoms with van der Waals surface area (Å²) in [4.78, 5) is 14.3. The Hall–Kier alpha value is -2.75. The van der Waals surface area contributed by atoms with Crippen molar-refractivity contribution in [2.45, 2.75) is 25.0 Å². The number of amides is 1. The molecule has 6 heteroatoms. The van der Waals surface area contributed by atoms with E-state index in [0.717, 1.165) is 24.1 Å². The van der Waals surface area contributed by atoms with Gasteiger partial charge in [0.15, 0.2) is 5.82 Å². The fraction of sp³-hybridized carbons (Fsp3) is 0.333. The number of anilines is 1. The first kappa shape index (κ1) is 17.7. The molecule has 2 aromatic rings. The summed E-state index contributed by atoms with van der Waals surface area (Å²) in [6.45, 7) is 1.61. The average molecular weight is 365 g/mol. The van der Waals surface area contributed by atoms with Crippen LogP contribution in [0, 0.1) is 17.1 Å². The van der Waals surface area contributed by atoms with Crippen LogP contribution in [-0.2, 0) is 16.0 Å². The van der Waals surface area contributed by atoms with Crippen molar-refractivity contribution in [2.24, 2.45) is 0 Å². The molecule has 1 saturated heterocycles. The molecule has 2 aliphatic heterocycles. The van der Waals surface area contributed by atoms with Crippen LogP contribution in [0.5, 0.6) is 0 Å². The number of rotatable bonds is 2. The fourth-order valence-corrected chi connectivity index (χ4v) is 3.74. The van der Waals surface area contributed by atoms with E-state index in [4.69, 9.17) is 4.74 Å². The maximum absolute atomic E-state index is 15.2. The molecule has 0 radical (unpaired) electrons. The highest BCUT2D eigenvalue weighted by Gasteiger charge is 2.38. The topological polar surface area (TPSA) is 65.4 Å². The Bertz CT molecular complexity index is 886. The molecule has 2 aliphatic rings. The maximum atomic E-state index is 15.2. The average Bonchev–Trinajstić information content (AvgIpc) is 2.98. The minimum Gasteiger partial charge on any atom is -0.367 e. The van der Waals surface area contributed by atoms with Gasteiger partial charge in [0, 0.05) is 25.1 Å². The van der Waals surface area contributed by atoms with Crippen LogP contribution in [0.3, 0.4) is 0 Å². The molecule has 0 aromatic heterocycles.